The van der Waals surface area contributed by atoms with Gasteiger partial charge in [0.15, 0.2) is 5.82 Å². The highest BCUT2D eigenvalue weighted by Crippen LogP contribution is 2.33. The Morgan fingerprint density at radius 3 is 2.60 bits per heavy atom. The molecule has 2 amide bonds. The molecule has 0 aliphatic rings. The lowest BCUT2D eigenvalue weighted by atomic mass is 10.1. The van der Waals surface area contributed by atoms with E-state index in [0.717, 1.165) is 10.6 Å². The summed E-state index contributed by atoms with van der Waals surface area (Å²) >= 11 is 0. The molecule has 0 unspecified atom stereocenters. The van der Waals surface area contributed by atoms with Gasteiger partial charge < -0.3 is 14.2 Å². The second-order valence-corrected chi connectivity index (χ2v) is 6.32. The molecule has 0 spiro atoms. The highest BCUT2D eigenvalue weighted by molar-refractivity contribution is 5.94. The van der Waals surface area contributed by atoms with Crippen molar-refractivity contribution in [1.82, 2.24) is 14.8 Å². The van der Waals surface area contributed by atoms with E-state index in [1.807, 2.05) is 43.5 Å². The number of methoxy groups -OCH3 is 1. The molecule has 9 nitrogen and oxygen atoms in total. The molecule has 2 aromatic heterocycles. The van der Waals surface area contributed by atoms with Gasteiger partial charge in [-0.25, -0.2) is 20.0 Å². The predicted octanol–water partition coefficient (Wildman–Crippen LogP) is 3.94. The Bertz CT molecular complexity index is 1060. The second kappa shape index (κ2) is 9.17. The summed E-state index contributed by atoms with van der Waals surface area (Å²) in [5, 5.41) is 1.01. The van der Waals surface area contributed by atoms with Gasteiger partial charge in [-0.15, -0.1) is 0 Å². The normalized spacial score (nSPS) is 10.5. The number of pyridine rings is 1. The van der Waals surface area contributed by atoms with Gasteiger partial charge in [-0.3, -0.25) is 4.40 Å². The van der Waals surface area contributed by atoms with Gasteiger partial charge in [-0.2, -0.15) is 5.01 Å². The molecule has 0 radical (unpaired) electrons. The summed E-state index contributed by atoms with van der Waals surface area (Å²) in [5.41, 5.74) is 5.16. The average Bonchev–Trinajstić information content (AvgIpc) is 3.10. The Balaban J connectivity index is 2.24. The van der Waals surface area contributed by atoms with E-state index in [-0.39, 0.29) is 13.2 Å². The van der Waals surface area contributed by atoms with Crippen LogP contribution in [0.2, 0.25) is 0 Å². The molecule has 0 saturated heterocycles. The van der Waals surface area contributed by atoms with Crippen molar-refractivity contribution in [3.63, 3.8) is 0 Å². The molecule has 0 atom stereocenters. The number of aryl methyl sites for hydroxylation is 1. The van der Waals surface area contributed by atoms with Crippen LogP contribution >= 0.6 is 0 Å². The van der Waals surface area contributed by atoms with Crippen molar-refractivity contribution in [2.24, 2.45) is 0 Å². The number of carbonyl (C=O) groups excluding carboxylic acids is 2. The van der Waals surface area contributed by atoms with E-state index in [1.165, 1.54) is 0 Å². The molecule has 9 heteroatoms. The largest absolute Gasteiger partial charge is 0.497 e. The standard InChI is InChI=1S/C21H24N4O5/c1-5-29-20(26)23-25(21(27)30-6-2)19-18(15-8-7-9-16(12-15)28-4)22-17-11-10-14(3)13-24(17)19/h7-13H,5-6H2,1-4H3,(H,23,26). The van der Waals surface area contributed by atoms with E-state index >= 15 is 0 Å². The third-order valence-corrected chi connectivity index (χ3v) is 4.23. The highest BCUT2D eigenvalue weighted by Gasteiger charge is 2.28. The number of aromatic nitrogens is 2. The SMILES string of the molecule is CCOC(=O)NN(C(=O)OCC)c1c(-c2cccc(OC)c2)nc2ccc(C)cn12. The number of fused-ring (bicyclic) bond motifs is 1. The van der Waals surface area contributed by atoms with E-state index in [4.69, 9.17) is 14.2 Å². The fraction of sp³-hybridized carbons (Fsp3) is 0.286. The molecule has 0 aliphatic heterocycles. The first-order chi connectivity index (χ1) is 14.5. The monoisotopic (exact) mass is 412 g/mol. The molecule has 30 heavy (non-hydrogen) atoms. The number of anilines is 1. The number of nitrogens with zero attached hydrogens (tertiary/aromatic N) is 3. The molecule has 0 fully saturated rings. The van der Waals surface area contributed by atoms with Crippen LogP contribution in [0.5, 0.6) is 5.75 Å². The predicted molar refractivity (Wildman–Crippen MR) is 112 cm³/mol. The van der Waals surface area contributed by atoms with E-state index in [9.17, 15) is 9.59 Å². The molecule has 3 rings (SSSR count). The minimum absolute atomic E-state index is 0.129. The van der Waals surface area contributed by atoms with Gasteiger partial charge in [0.25, 0.3) is 0 Å². The summed E-state index contributed by atoms with van der Waals surface area (Å²) in [7, 11) is 1.57. The Kier molecular flexibility index (Phi) is 6.41. The first-order valence-corrected chi connectivity index (χ1v) is 9.51. The van der Waals surface area contributed by atoms with Crippen LogP contribution in [0.4, 0.5) is 15.4 Å². The van der Waals surface area contributed by atoms with Crippen molar-refractivity contribution in [3.05, 3.63) is 48.2 Å². The Morgan fingerprint density at radius 1 is 1.13 bits per heavy atom. The molecule has 2 heterocycles. The van der Waals surface area contributed by atoms with Crippen LogP contribution in [0.15, 0.2) is 42.6 Å². The fourth-order valence-electron chi connectivity index (χ4n) is 2.94. The van der Waals surface area contributed by atoms with Crippen molar-refractivity contribution in [3.8, 4) is 17.0 Å². The van der Waals surface area contributed by atoms with Gasteiger partial charge >= 0.3 is 12.2 Å². The van der Waals surface area contributed by atoms with Crippen LogP contribution in [-0.2, 0) is 9.47 Å². The number of ether oxygens (including phenoxy) is 3. The molecule has 0 aliphatic carbocycles. The van der Waals surface area contributed by atoms with Crippen molar-refractivity contribution in [2.45, 2.75) is 20.8 Å². The number of hydrogen-bond acceptors (Lipinski definition) is 6. The quantitative estimate of drug-likeness (QED) is 0.638. The molecule has 0 bridgehead atoms. The maximum atomic E-state index is 12.8. The zero-order valence-corrected chi connectivity index (χ0v) is 17.3. The minimum atomic E-state index is -0.787. The number of hydrogen-bond donors (Lipinski definition) is 1. The van der Waals surface area contributed by atoms with Crippen LogP contribution in [-0.4, -0.2) is 41.9 Å². The van der Waals surface area contributed by atoms with Gasteiger partial charge in [0.1, 0.15) is 17.1 Å². The third kappa shape index (κ3) is 4.29. The zero-order chi connectivity index (χ0) is 21.7. The average molecular weight is 412 g/mol. The summed E-state index contributed by atoms with van der Waals surface area (Å²) in [4.78, 5) is 29.6. The zero-order valence-electron chi connectivity index (χ0n) is 17.3. The van der Waals surface area contributed by atoms with E-state index in [2.05, 4.69) is 10.4 Å². The lowest BCUT2D eigenvalue weighted by Gasteiger charge is -2.22. The molecule has 1 aromatic carbocycles. The summed E-state index contributed by atoms with van der Waals surface area (Å²) < 4.78 is 17.2. The summed E-state index contributed by atoms with van der Waals surface area (Å²) in [6, 6.07) is 11.0. The van der Waals surface area contributed by atoms with Crippen molar-refractivity contribution in [2.75, 3.05) is 25.3 Å². The molecular weight excluding hydrogens is 388 g/mol. The van der Waals surface area contributed by atoms with Gasteiger partial charge in [-0.05, 0) is 44.5 Å². The maximum absolute atomic E-state index is 12.8. The molecule has 3 aromatic rings. The smallest absolute Gasteiger partial charge is 0.435 e. The molecular formula is C21H24N4O5. The van der Waals surface area contributed by atoms with Gasteiger partial charge in [0.2, 0.25) is 0 Å². The summed E-state index contributed by atoms with van der Waals surface area (Å²) in [5.74, 6) is 0.946. The van der Waals surface area contributed by atoms with E-state index in [1.54, 1.807) is 31.4 Å². The number of carbonyl (C=O) groups is 2. The minimum Gasteiger partial charge on any atom is -0.497 e. The van der Waals surface area contributed by atoms with E-state index in [0.29, 0.717) is 28.5 Å². The fourth-order valence-corrected chi connectivity index (χ4v) is 2.94. The second-order valence-electron chi connectivity index (χ2n) is 6.32. The highest BCUT2D eigenvalue weighted by atomic mass is 16.6. The summed E-state index contributed by atoms with van der Waals surface area (Å²) in [6.07, 6.45) is 0.267. The van der Waals surface area contributed by atoms with Crippen molar-refractivity contribution < 1.29 is 23.8 Å². The van der Waals surface area contributed by atoms with E-state index < -0.39 is 12.2 Å². The molecule has 1 N–H and O–H groups in total. The van der Waals surface area contributed by atoms with Crippen LogP contribution in [0.1, 0.15) is 19.4 Å². The number of hydrazine groups is 1. The molecule has 0 saturated carbocycles. The number of amides is 2. The van der Waals surface area contributed by atoms with Crippen LogP contribution in [0, 0.1) is 6.92 Å². The lowest BCUT2D eigenvalue weighted by Crippen LogP contribution is -2.48. The maximum Gasteiger partial charge on any atom is 0.435 e. The van der Waals surface area contributed by atoms with Crippen LogP contribution in [0.3, 0.4) is 0 Å². The number of imidazole rings is 1. The Labute approximate surface area is 174 Å². The van der Waals surface area contributed by atoms with Crippen molar-refractivity contribution in [1.29, 1.82) is 0 Å². The van der Waals surface area contributed by atoms with Crippen molar-refractivity contribution >= 4 is 23.7 Å². The number of benzene rings is 1. The first kappa shape index (κ1) is 21.0. The number of nitrogens with one attached hydrogen (secondary N) is 1. The number of rotatable bonds is 5. The topological polar surface area (TPSA) is 94.4 Å². The van der Waals surface area contributed by atoms with Gasteiger partial charge in [0.05, 0.1) is 20.3 Å². The lowest BCUT2D eigenvalue weighted by molar-refractivity contribution is 0.138. The molecule has 158 valence electrons. The Hall–Kier alpha value is -3.75. The van der Waals surface area contributed by atoms with Crippen LogP contribution < -0.4 is 15.2 Å². The summed E-state index contributed by atoms with van der Waals surface area (Å²) in [6.45, 7) is 5.55. The van der Waals surface area contributed by atoms with Gasteiger partial charge in [-0.1, -0.05) is 18.2 Å². The Morgan fingerprint density at radius 2 is 1.90 bits per heavy atom. The van der Waals surface area contributed by atoms with Crippen LogP contribution in [0.25, 0.3) is 16.9 Å². The first-order valence-electron chi connectivity index (χ1n) is 9.51. The van der Waals surface area contributed by atoms with Gasteiger partial charge in [0, 0.05) is 11.8 Å². The third-order valence-electron chi connectivity index (χ3n) is 4.23.